The van der Waals surface area contributed by atoms with Crippen LogP contribution in [0.2, 0.25) is 0 Å². The summed E-state index contributed by atoms with van der Waals surface area (Å²) in [6.45, 7) is 0. The van der Waals surface area contributed by atoms with Gasteiger partial charge in [-0.3, -0.25) is 0 Å². The Hall–Kier alpha value is -1.38. The predicted octanol–water partition coefficient (Wildman–Crippen LogP) is 3.12. The van der Waals surface area contributed by atoms with Crippen LogP contribution in [0.15, 0.2) is 30.5 Å². The zero-order chi connectivity index (χ0) is 9.42. The molecule has 0 saturated heterocycles. The highest BCUT2D eigenvalue weighted by Crippen LogP contribution is 2.23. The number of halogens is 2. The van der Waals surface area contributed by atoms with Crippen LogP contribution >= 0.6 is 0 Å². The summed E-state index contributed by atoms with van der Waals surface area (Å²) in [5.74, 6) is 0. The van der Waals surface area contributed by atoms with E-state index < -0.39 is 6.43 Å². The number of aryl methyl sites for hydroxylation is 1. The lowest BCUT2D eigenvalue weighted by Crippen LogP contribution is -1.87. The smallest absolute Gasteiger partial charge is 0.263 e. The molecule has 1 nitrogen and oxygen atoms in total. The summed E-state index contributed by atoms with van der Waals surface area (Å²) in [6, 6.07) is 6.62. The number of benzene rings is 1. The van der Waals surface area contributed by atoms with Crippen LogP contribution in [0.5, 0.6) is 0 Å². The summed E-state index contributed by atoms with van der Waals surface area (Å²) in [6.07, 6.45) is -0.529. The first kappa shape index (κ1) is 8.23. The van der Waals surface area contributed by atoms with Gasteiger partial charge in [0, 0.05) is 24.3 Å². The molecule has 0 spiro atoms. The molecule has 3 heteroatoms. The SMILES string of the molecule is Cn1ccc2ccc(C(F)F)cc21. The van der Waals surface area contributed by atoms with Gasteiger partial charge in [-0.15, -0.1) is 0 Å². The minimum absolute atomic E-state index is 0.0781. The summed E-state index contributed by atoms with van der Waals surface area (Å²) >= 11 is 0. The number of aromatic nitrogens is 1. The molecule has 0 aliphatic rings. The van der Waals surface area contributed by atoms with E-state index in [1.165, 1.54) is 12.1 Å². The molecule has 0 atom stereocenters. The van der Waals surface area contributed by atoms with Gasteiger partial charge in [-0.25, -0.2) is 8.78 Å². The Kier molecular flexibility index (Phi) is 1.79. The molecule has 0 amide bonds. The maximum absolute atomic E-state index is 12.3. The molecule has 0 aliphatic carbocycles. The summed E-state index contributed by atoms with van der Waals surface area (Å²) in [5.41, 5.74) is 0.923. The second-order valence-electron chi connectivity index (χ2n) is 3.05. The minimum Gasteiger partial charge on any atom is -0.351 e. The van der Waals surface area contributed by atoms with Crippen molar-refractivity contribution in [3.05, 3.63) is 36.0 Å². The van der Waals surface area contributed by atoms with Crippen LogP contribution in [0.25, 0.3) is 10.9 Å². The maximum Gasteiger partial charge on any atom is 0.263 e. The summed E-state index contributed by atoms with van der Waals surface area (Å²) in [7, 11) is 1.84. The monoisotopic (exact) mass is 181 g/mol. The molecule has 0 saturated carbocycles. The van der Waals surface area contributed by atoms with Crippen LogP contribution in [0.3, 0.4) is 0 Å². The molecule has 0 unspecified atom stereocenters. The highest BCUT2D eigenvalue weighted by atomic mass is 19.3. The first-order valence-corrected chi connectivity index (χ1v) is 4.01. The van der Waals surface area contributed by atoms with Gasteiger partial charge in [-0.2, -0.15) is 0 Å². The van der Waals surface area contributed by atoms with E-state index in [2.05, 4.69) is 0 Å². The van der Waals surface area contributed by atoms with Gasteiger partial charge in [0.2, 0.25) is 0 Å². The molecule has 0 fully saturated rings. The van der Waals surface area contributed by atoms with Gasteiger partial charge in [0.1, 0.15) is 0 Å². The van der Waals surface area contributed by atoms with Crippen LogP contribution in [0, 0.1) is 0 Å². The Labute approximate surface area is 74.6 Å². The van der Waals surface area contributed by atoms with Crippen molar-refractivity contribution in [2.45, 2.75) is 6.43 Å². The van der Waals surface area contributed by atoms with E-state index in [-0.39, 0.29) is 5.56 Å². The predicted molar refractivity (Wildman–Crippen MR) is 47.9 cm³/mol. The Bertz CT molecular complexity index is 431. The Morgan fingerprint density at radius 2 is 2.00 bits per heavy atom. The highest BCUT2D eigenvalue weighted by Gasteiger charge is 2.07. The third-order valence-electron chi connectivity index (χ3n) is 2.16. The largest absolute Gasteiger partial charge is 0.351 e. The normalized spacial score (nSPS) is 11.4. The first-order valence-electron chi connectivity index (χ1n) is 4.01. The van der Waals surface area contributed by atoms with E-state index in [0.29, 0.717) is 0 Å². The van der Waals surface area contributed by atoms with Crippen LogP contribution in [-0.2, 0) is 7.05 Å². The molecular formula is C10H9F2N. The Balaban J connectivity index is 2.66. The van der Waals surface area contributed by atoms with Crippen LogP contribution in [0.1, 0.15) is 12.0 Å². The molecule has 1 aromatic carbocycles. The van der Waals surface area contributed by atoms with E-state index in [9.17, 15) is 8.78 Å². The van der Waals surface area contributed by atoms with Crippen molar-refractivity contribution in [3.63, 3.8) is 0 Å². The first-order chi connectivity index (χ1) is 6.18. The van der Waals surface area contributed by atoms with Crippen LogP contribution in [0.4, 0.5) is 8.78 Å². The number of nitrogens with zero attached hydrogens (tertiary/aromatic N) is 1. The van der Waals surface area contributed by atoms with Crippen molar-refractivity contribution < 1.29 is 8.78 Å². The molecule has 2 rings (SSSR count). The van der Waals surface area contributed by atoms with Gasteiger partial charge in [0.05, 0.1) is 0 Å². The van der Waals surface area contributed by atoms with Gasteiger partial charge in [-0.1, -0.05) is 12.1 Å². The molecule has 0 bridgehead atoms. The van der Waals surface area contributed by atoms with Crippen molar-refractivity contribution in [2.75, 3.05) is 0 Å². The van der Waals surface area contributed by atoms with Gasteiger partial charge in [0.15, 0.2) is 0 Å². The van der Waals surface area contributed by atoms with Gasteiger partial charge in [0.25, 0.3) is 6.43 Å². The molecule has 68 valence electrons. The average molecular weight is 181 g/mol. The summed E-state index contributed by atoms with van der Waals surface area (Å²) in [4.78, 5) is 0. The van der Waals surface area contributed by atoms with Gasteiger partial charge >= 0.3 is 0 Å². The van der Waals surface area contributed by atoms with Gasteiger partial charge in [-0.05, 0) is 17.5 Å². The van der Waals surface area contributed by atoms with E-state index in [1.54, 1.807) is 6.07 Å². The Morgan fingerprint density at radius 3 is 2.69 bits per heavy atom. The van der Waals surface area contributed by atoms with Crippen molar-refractivity contribution in [2.24, 2.45) is 7.05 Å². The lowest BCUT2D eigenvalue weighted by Gasteiger charge is -2.00. The molecule has 13 heavy (non-hydrogen) atoms. The van der Waals surface area contributed by atoms with Crippen LogP contribution < -0.4 is 0 Å². The van der Waals surface area contributed by atoms with Crippen LogP contribution in [-0.4, -0.2) is 4.57 Å². The number of fused-ring (bicyclic) bond motifs is 1. The summed E-state index contributed by atoms with van der Waals surface area (Å²) < 4.78 is 26.5. The fourth-order valence-electron chi connectivity index (χ4n) is 1.42. The second kappa shape index (κ2) is 2.83. The number of hydrogen-bond acceptors (Lipinski definition) is 0. The fraction of sp³-hybridized carbons (Fsp3) is 0.200. The lowest BCUT2D eigenvalue weighted by molar-refractivity contribution is 0.151. The zero-order valence-corrected chi connectivity index (χ0v) is 7.17. The molecule has 0 N–H and O–H groups in total. The van der Waals surface area contributed by atoms with E-state index in [4.69, 9.17) is 0 Å². The highest BCUT2D eigenvalue weighted by molar-refractivity contribution is 5.80. The van der Waals surface area contributed by atoms with Crippen molar-refractivity contribution in [1.82, 2.24) is 4.57 Å². The topological polar surface area (TPSA) is 4.93 Å². The second-order valence-corrected chi connectivity index (χ2v) is 3.05. The molecule has 0 aliphatic heterocycles. The van der Waals surface area contributed by atoms with Crippen molar-refractivity contribution >= 4 is 10.9 Å². The average Bonchev–Trinajstić information content (AvgIpc) is 2.47. The van der Waals surface area contributed by atoms with Crippen molar-refractivity contribution in [3.8, 4) is 0 Å². The molecule has 2 aromatic rings. The lowest BCUT2D eigenvalue weighted by atomic mass is 10.2. The number of alkyl halides is 2. The third kappa shape index (κ3) is 1.30. The Morgan fingerprint density at radius 1 is 1.23 bits per heavy atom. The maximum atomic E-state index is 12.3. The summed E-state index contributed by atoms with van der Waals surface area (Å²) in [5, 5.41) is 0.993. The molecular weight excluding hydrogens is 172 g/mol. The van der Waals surface area contributed by atoms with E-state index in [1.807, 2.05) is 23.9 Å². The van der Waals surface area contributed by atoms with E-state index >= 15 is 0 Å². The van der Waals surface area contributed by atoms with Gasteiger partial charge < -0.3 is 4.57 Å². The minimum atomic E-state index is -2.39. The zero-order valence-electron chi connectivity index (χ0n) is 7.17. The standard InChI is InChI=1S/C10H9F2N/c1-13-5-4-7-2-3-8(10(11)12)6-9(7)13/h2-6,10H,1H3. The van der Waals surface area contributed by atoms with Crippen molar-refractivity contribution in [1.29, 1.82) is 0 Å². The molecule has 1 aromatic heterocycles. The van der Waals surface area contributed by atoms with E-state index in [0.717, 1.165) is 10.9 Å². The third-order valence-corrected chi connectivity index (χ3v) is 2.16. The number of hydrogen-bond donors (Lipinski definition) is 0. The number of rotatable bonds is 1. The molecule has 0 radical (unpaired) electrons. The molecule has 1 heterocycles. The fourth-order valence-corrected chi connectivity index (χ4v) is 1.42. The quantitative estimate of drug-likeness (QED) is 0.637.